The zero-order chi connectivity index (χ0) is 12.6. The molecule has 92 valence electrons. The molecule has 1 atom stereocenters. The fourth-order valence-corrected chi connectivity index (χ4v) is 2.04. The van der Waals surface area contributed by atoms with Crippen molar-refractivity contribution in [2.45, 2.75) is 32.4 Å². The third-order valence-corrected chi connectivity index (χ3v) is 3.14. The van der Waals surface area contributed by atoms with E-state index in [0.717, 1.165) is 12.2 Å². The van der Waals surface area contributed by atoms with E-state index in [4.69, 9.17) is 0 Å². The molecular formula is C13H17FN2O. The van der Waals surface area contributed by atoms with Crippen LogP contribution in [0.2, 0.25) is 0 Å². The van der Waals surface area contributed by atoms with Crippen LogP contribution in [0.1, 0.15) is 20.8 Å². The highest BCUT2D eigenvalue weighted by Crippen LogP contribution is 2.24. The number of rotatable bonds is 1. The minimum absolute atomic E-state index is 0.0165. The van der Waals surface area contributed by atoms with Crippen molar-refractivity contribution in [2.24, 2.45) is 0 Å². The van der Waals surface area contributed by atoms with Gasteiger partial charge in [0, 0.05) is 18.3 Å². The lowest BCUT2D eigenvalue weighted by atomic mass is 9.97. The molecule has 0 aliphatic carbocycles. The number of piperazine rings is 1. The van der Waals surface area contributed by atoms with Gasteiger partial charge in [-0.15, -0.1) is 0 Å². The quantitative estimate of drug-likeness (QED) is 0.808. The molecule has 2 rings (SSSR count). The molecule has 0 saturated carbocycles. The molecule has 1 aliphatic rings. The number of carbonyl (C=O) groups is 1. The van der Waals surface area contributed by atoms with Crippen molar-refractivity contribution in [3.8, 4) is 0 Å². The van der Waals surface area contributed by atoms with Crippen LogP contribution in [0.25, 0.3) is 0 Å². The van der Waals surface area contributed by atoms with Gasteiger partial charge in [0.1, 0.15) is 5.82 Å². The van der Waals surface area contributed by atoms with Crippen molar-refractivity contribution in [3.05, 3.63) is 30.1 Å². The number of amides is 1. The SMILES string of the molecule is CC1CNC(C)(C)C(=O)N1c1ccc(F)cc1. The van der Waals surface area contributed by atoms with Crippen LogP contribution < -0.4 is 10.2 Å². The van der Waals surface area contributed by atoms with Crippen molar-refractivity contribution < 1.29 is 9.18 Å². The molecule has 1 saturated heterocycles. The maximum absolute atomic E-state index is 12.9. The summed E-state index contributed by atoms with van der Waals surface area (Å²) in [5.41, 5.74) is 0.180. The molecule has 1 aromatic rings. The predicted octanol–water partition coefficient (Wildman–Crippen LogP) is 1.93. The summed E-state index contributed by atoms with van der Waals surface area (Å²) in [6, 6.07) is 6.12. The highest BCUT2D eigenvalue weighted by Gasteiger charge is 2.39. The zero-order valence-corrected chi connectivity index (χ0v) is 10.3. The maximum Gasteiger partial charge on any atom is 0.247 e. The first kappa shape index (κ1) is 12.0. The van der Waals surface area contributed by atoms with Gasteiger partial charge in [0.05, 0.1) is 5.54 Å². The summed E-state index contributed by atoms with van der Waals surface area (Å²) in [6.07, 6.45) is 0. The first-order valence-corrected chi connectivity index (χ1v) is 5.76. The normalized spacial score (nSPS) is 23.9. The molecule has 1 aromatic carbocycles. The molecule has 3 nitrogen and oxygen atoms in total. The van der Waals surface area contributed by atoms with Crippen LogP contribution in [-0.4, -0.2) is 24.0 Å². The van der Waals surface area contributed by atoms with Crippen LogP contribution in [-0.2, 0) is 4.79 Å². The Hall–Kier alpha value is -1.42. The molecule has 4 heteroatoms. The first-order chi connectivity index (χ1) is 7.92. The molecule has 0 aromatic heterocycles. The summed E-state index contributed by atoms with van der Waals surface area (Å²) in [5, 5.41) is 3.20. The maximum atomic E-state index is 12.9. The van der Waals surface area contributed by atoms with E-state index < -0.39 is 5.54 Å². The van der Waals surface area contributed by atoms with Crippen molar-refractivity contribution in [2.75, 3.05) is 11.4 Å². The van der Waals surface area contributed by atoms with E-state index in [-0.39, 0.29) is 17.8 Å². The van der Waals surface area contributed by atoms with Crippen LogP contribution in [0.5, 0.6) is 0 Å². The standard InChI is InChI=1S/C13H17FN2O/c1-9-8-15-13(2,3)12(17)16(9)11-6-4-10(14)5-7-11/h4-7,9,15H,8H2,1-3H3. The smallest absolute Gasteiger partial charge is 0.247 e. The van der Waals surface area contributed by atoms with Crippen molar-refractivity contribution in [1.29, 1.82) is 0 Å². The van der Waals surface area contributed by atoms with E-state index in [1.807, 2.05) is 20.8 Å². The summed E-state index contributed by atoms with van der Waals surface area (Å²) < 4.78 is 12.9. The number of nitrogens with zero attached hydrogens (tertiary/aromatic N) is 1. The van der Waals surface area contributed by atoms with Gasteiger partial charge in [0.25, 0.3) is 0 Å². The fourth-order valence-electron chi connectivity index (χ4n) is 2.04. The van der Waals surface area contributed by atoms with Crippen molar-refractivity contribution in [3.63, 3.8) is 0 Å². The Morgan fingerprint density at radius 3 is 2.53 bits per heavy atom. The molecule has 0 spiro atoms. The number of anilines is 1. The number of halogens is 1. The third-order valence-electron chi connectivity index (χ3n) is 3.14. The lowest BCUT2D eigenvalue weighted by Crippen LogP contribution is -2.64. The average Bonchev–Trinajstić information content (AvgIpc) is 2.28. The Balaban J connectivity index is 2.35. The first-order valence-electron chi connectivity index (χ1n) is 5.76. The Morgan fingerprint density at radius 2 is 1.94 bits per heavy atom. The van der Waals surface area contributed by atoms with Gasteiger partial charge in [-0.3, -0.25) is 4.79 Å². The fraction of sp³-hybridized carbons (Fsp3) is 0.462. The summed E-state index contributed by atoms with van der Waals surface area (Å²) in [4.78, 5) is 14.0. The Morgan fingerprint density at radius 1 is 1.35 bits per heavy atom. The van der Waals surface area contributed by atoms with Gasteiger partial charge >= 0.3 is 0 Å². The van der Waals surface area contributed by atoms with E-state index in [1.165, 1.54) is 12.1 Å². The average molecular weight is 236 g/mol. The van der Waals surface area contributed by atoms with Gasteiger partial charge < -0.3 is 10.2 Å². The lowest BCUT2D eigenvalue weighted by molar-refractivity contribution is -0.125. The van der Waals surface area contributed by atoms with Crippen LogP contribution >= 0.6 is 0 Å². The zero-order valence-electron chi connectivity index (χ0n) is 10.3. The Labute approximate surface area is 101 Å². The molecule has 1 N–H and O–H groups in total. The minimum atomic E-state index is -0.569. The van der Waals surface area contributed by atoms with Crippen molar-refractivity contribution in [1.82, 2.24) is 5.32 Å². The second-order valence-corrected chi connectivity index (χ2v) is 5.01. The van der Waals surface area contributed by atoms with Gasteiger partial charge in [-0.05, 0) is 45.0 Å². The van der Waals surface area contributed by atoms with E-state index in [2.05, 4.69) is 5.32 Å². The van der Waals surface area contributed by atoms with E-state index in [1.54, 1.807) is 17.0 Å². The highest BCUT2D eigenvalue weighted by atomic mass is 19.1. The second kappa shape index (κ2) is 4.11. The molecule has 1 unspecified atom stereocenters. The number of carbonyl (C=O) groups excluding carboxylic acids is 1. The molecule has 17 heavy (non-hydrogen) atoms. The van der Waals surface area contributed by atoms with Crippen LogP contribution in [0.15, 0.2) is 24.3 Å². The number of hydrogen-bond donors (Lipinski definition) is 1. The van der Waals surface area contributed by atoms with Crippen LogP contribution in [0.3, 0.4) is 0 Å². The monoisotopic (exact) mass is 236 g/mol. The lowest BCUT2D eigenvalue weighted by Gasteiger charge is -2.42. The van der Waals surface area contributed by atoms with Gasteiger partial charge in [0.2, 0.25) is 5.91 Å². The molecular weight excluding hydrogens is 219 g/mol. The van der Waals surface area contributed by atoms with Gasteiger partial charge in [0.15, 0.2) is 0 Å². The summed E-state index contributed by atoms with van der Waals surface area (Å²) in [6.45, 7) is 6.43. The Kier molecular flexibility index (Phi) is 2.91. The number of nitrogens with one attached hydrogen (secondary N) is 1. The molecule has 0 bridgehead atoms. The topological polar surface area (TPSA) is 32.3 Å². The van der Waals surface area contributed by atoms with Crippen LogP contribution in [0, 0.1) is 5.82 Å². The number of hydrogen-bond acceptors (Lipinski definition) is 2. The largest absolute Gasteiger partial charge is 0.307 e. The summed E-state index contributed by atoms with van der Waals surface area (Å²) in [5.74, 6) is -0.272. The highest BCUT2D eigenvalue weighted by molar-refractivity contribution is 6.01. The van der Waals surface area contributed by atoms with E-state index in [9.17, 15) is 9.18 Å². The predicted molar refractivity (Wildman–Crippen MR) is 65.4 cm³/mol. The van der Waals surface area contributed by atoms with E-state index in [0.29, 0.717) is 0 Å². The van der Waals surface area contributed by atoms with Gasteiger partial charge in [-0.2, -0.15) is 0 Å². The molecule has 1 aliphatic heterocycles. The molecule has 1 fully saturated rings. The second-order valence-electron chi connectivity index (χ2n) is 5.01. The van der Waals surface area contributed by atoms with Crippen LogP contribution in [0.4, 0.5) is 10.1 Å². The Bertz CT molecular complexity index is 428. The van der Waals surface area contributed by atoms with Gasteiger partial charge in [-0.1, -0.05) is 0 Å². The molecule has 1 heterocycles. The van der Waals surface area contributed by atoms with Crippen molar-refractivity contribution >= 4 is 11.6 Å². The van der Waals surface area contributed by atoms with E-state index >= 15 is 0 Å². The third kappa shape index (κ3) is 2.17. The number of benzene rings is 1. The summed E-state index contributed by atoms with van der Waals surface area (Å²) >= 11 is 0. The van der Waals surface area contributed by atoms with Gasteiger partial charge in [-0.25, -0.2) is 4.39 Å². The molecule has 0 radical (unpaired) electrons. The minimum Gasteiger partial charge on any atom is -0.307 e. The summed E-state index contributed by atoms with van der Waals surface area (Å²) in [7, 11) is 0. The molecule has 1 amide bonds.